The summed E-state index contributed by atoms with van der Waals surface area (Å²) >= 11 is 8.20. The average molecular weight is 440 g/mol. The number of nitrogens with zero attached hydrogens (tertiary/aromatic N) is 2. The van der Waals surface area contributed by atoms with Crippen LogP contribution in [0.5, 0.6) is 0 Å². The topological polar surface area (TPSA) is 37.3 Å². The lowest BCUT2D eigenvalue weighted by molar-refractivity contribution is 0.181. The summed E-state index contributed by atoms with van der Waals surface area (Å²) in [7, 11) is 0. The van der Waals surface area contributed by atoms with Crippen LogP contribution < -0.4 is 5.32 Å². The van der Waals surface area contributed by atoms with Crippen molar-refractivity contribution in [1.29, 1.82) is 0 Å². The molecular weight excluding hydrogens is 414 g/mol. The molecule has 1 atom stereocenters. The summed E-state index contributed by atoms with van der Waals surface area (Å²) in [4.78, 5) is 17.0. The van der Waals surface area contributed by atoms with E-state index in [1.165, 1.54) is 39.5 Å². The third-order valence-corrected chi connectivity index (χ3v) is 8.12. The summed E-state index contributed by atoms with van der Waals surface area (Å²) in [5.74, 6) is 0. The molecule has 1 aliphatic heterocycles. The molecule has 0 saturated carbocycles. The number of halogens is 1. The molecule has 3 aromatic rings. The van der Waals surface area contributed by atoms with Gasteiger partial charge >= 0.3 is 6.03 Å². The third-order valence-electron chi connectivity index (χ3n) is 6.38. The minimum Gasteiger partial charge on any atom is -0.312 e. The Bertz CT molecular complexity index is 1120. The first-order chi connectivity index (χ1) is 14.6. The van der Waals surface area contributed by atoms with Crippen LogP contribution in [0, 0.1) is 6.92 Å². The second-order valence-corrected chi connectivity index (χ2v) is 9.73. The van der Waals surface area contributed by atoms with Gasteiger partial charge in [0, 0.05) is 33.0 Å². The van der Waals surface area contributed by atoms with E-state index in [1.54, 1.807) is 0 Å². The van der Waals surface area contributed by atoms with Crippen molar-refractivity contribution in [3.8, 4) is 5.00 Å². The number of hydrogen-bond donors (Lipinski definition) is 1. The van der Waals surface area contributed by atoms with Crippen molar-refractivity contribution in [3.63, 3.8) is 0 Å². The molecule has 156 valence electrons. The second kappa shape index (κ2) is 7.78. The molecule has 0 unspecified atom stereocenters. The molecule has 0 saturated heterocycles. The number of aryl methyl sites for hydroxylation is 2. The van der Waals surface area contributed by atoms with Crippen molar-refractivity contribution in [2.45, 2.75) is 58.5 Å². The standard InChI is InChI=1S/C24H26ClN3OS/c1-3-20-21-8-6-12-27(21)23-18(17-7-4-5-9-22(17)30-23)14-28(20)24(29)26-16-11-10-15(2)19(25)13-16/h6,8,10-13,20H,3-5,7,9,14H2,1-2H3,(H,26,29)/t20-/m1/s1. The highest BCUT2D eigenvalue weighted by molar-refractivity contribution is 7.15. The van der Waals surface area contributed by atoms with Crippen LogP contribution >= 0.6 is 22.9 Å². The lowest BCUT2D eigenvalue weighted by atomic mass is 9.95. The van der Waals surface area contributed by atoms with Gasteiger partial charge in [-0.2, -0.15) is 0 Å². The van der Waals surface area contributed by atoms with E-state index in [9.17, 15) is 4.79 Å². The molecule has 0 bridgehead atoms. The maximum Gasteiger partial charge on any atom is 0.322 e. The molecule has 2 aromatic heterocycles. The first-order valence-corrected chi connectivity index (χ1v) is 11.9. The quantitative estimate of drug-likeness (QED) is 0.464. The molecule has 3 heterocycles. The van der Waals surface area contributed by atoms with Gasteiger partial charge in [0.15, 0.2) is 0 Å². The van der Waals surface area contributed by atoms with Crippen molar-refractivity contribution < 1.29 is 4.79 Å². The normalized spacial score (nSPS) is 17.7. The second-order valence-electron chi connectivity index (χ2n) is 8.24. The van der Waals surface area contributed by atoms with Gasteiger partial charge in [-0.05, 0) is 74.4 Å². The van der Waals surface area contributed by atoms with Crippen LogP contribution in [0.15, 0.2) is 36.5 Å². The number of hydrogen-bond acceptors (Lipinski definition) is 2. The molecular formula is C24H26ClN3OS. The Labute approximate surface area is 186 Å². The maximum absolute atomic E-state index is 13.5. The Morgan fingerprint density at radius 1 is 1.23 bits per heavy atom. The first-order valence-electron chi connectivity index (χ1n) is 10.7. The molecule has 0 spiro atoms. The van der Waals surface area contributed by atoms with Crippen LogP contribution in [-0.4, -0.2) is 15.5 Å². The van der Waals surface area contributed by atoms with Gasteiger partial charge in [0.05, 0.1) is 12.6 Å². The van der Waals surface area contributed by atoms with E-state index < -0.39 is 0 Å². The summed E-state index contributed by atoms with van der Waals surface area (Å²) in [6, 6.07) is 9.90. The van der Waals surface area contributed by atoms with Crippen molar-refractivity contribution >= 4 is 34.7 Å². The highest BCUT2D eigenvalue weighted by atomic mass is 35.5. The molecule has 6 heteroatoms. The fraction of sp³-hybridized carbons (Fsp3) is 0.375. The predicted octanol–water partition coefficient (Wildman–Crippen LogP) is 6.88. The average Bonchev–Trinajstić information content (AvgIpc) is 3.33. The minimum atomic E-state index is -0.0712. The highest BCUT2D eigenvalue weighted by Gasteiger charge is 2.34. The molecule has 2 aliphatic rings. The molecule has 2 amide bonds. The monoisotopic (exact) mass is 439 g/mol. The number of amides is 2. The number of fused-ring (bicyclic) bond motifs is 5. The van der Waals surface area contributed by atoms with E-state index in [0.29, 0.717) is 11.6 Å². The molecule has 30 heavy (non-hydrogen) atoms. The van der Waals surface area contributed by atoms with Gasteiger partial charge in [-0.3, -0.25) is 0 Å². The van der Waals surface area contributed by atoms with Crippen LogP contribution in [0.4, 0.5) is 10.5 Å². The number of carbonyl (C=O) groups is 1. The van der Waals surface area contributed by atoms with Crippen molar-refractivity contribution in [3.05, 3.63) is 68.8 Å². The van der Waals surface area contributed by atoms with Gasteiger partial charge in [0.25, 0.3) is 0 Å². The number of benzene rings is 1. The van der Waals surface area contributed by atoms with Crippen LogP contribution in [0.3, 0.4) is 0 Å². The summed E-state index contributed by atoms with van der Waals surface area (Å²) in [5.41, 5.74) is 5.74. The van der Waals surface area contributed by atoms with E-state index in [0.717, 1.165) is 30.5 Å². The Balaban J connectivity index is 1.55. The zero-order valence-electron chi connectivity index (χ0n) is 17.4. The Morgan fingerprint density at radius 2 is 2.07 bits per heavy atom. The van der Waals surface area contributed by atoms with Crippen molar-refractivity contribution in [2.24, 2.45) is 0 Å². The summed E-state index contributed by atoms with van der Waals surface area (Å²) in [6.45, 7) is 4.76. The molecule has 0 fully saturated rings. The summed E-state index contributed by atoms with van der Waals surface area (Å²) in [5, 5.41) is 5.06. The largest absolute Gasteiger partial charge is 0.322 e. The molecule has 0 radical (unpaired) electrons. The zero-order chi connectivity index (χ0) is 20.8. The fourth-order valence-corrected chi connectivity index (χ4v) is 6.36. The van der Waals surface area contributed by atoms with Gasteiger partial charge in [0.2, 0.25) is 0 Å². The number of rotatable bonds is 2. The van der Waals surface area contributed by atoms with Gasteiger partial charge in [0.1, 0.15) is 5.00 Å². The van der Waals surface area contributed by atoms with E-state index in [-0.39, 0.29) is 12.1 Å². The lowest BCUT2D eigenvalue weighted by Crippen LogP contribution is -2.37. The molecule has 4 nitrogen and oxygen atoms in total. The van der Waals surface area contributed by atoms with E-state index >= 15 is 0 Å². The van der Waals surface area contributed by atoms with Crippen LogP contribution in [0.25, 0.3) is 5.00 Å². The van der Waals surface area contributed by atoms with Gasteiger partial charge in [-0.15, -0.1) is 11.3 Å². The Hall–Kier alpha value is -2.24. The van der Waals surface area contributed by atoms with E-state index in [4.69, 9.17) is 11.6 Å². The van der Waals surface area contributed by atoms with Crippen LogP contribution in [0.2, 0.25) is 5.02 Å². The van der Waals surface area contributed by atoms with E-state index in [2.05, 4.69) is 35.1 Å². The molecule has 5 rings (SSSR count). The summed E-state index contributed by atoms with van der Waals surface area (Å²) < 4.78 is 2.32. The number of nitrogens with one attached hydrogen (secondary N) is 1. The molecule has 1 aliphatic carbocycles. The van der Waals surface area contributed by atoms with Gasteiger partial charge in [-0.1, -0.05) is 24.6 Å². The number of urea groups is 1. The minimum absolute atomic E-state index is 0.0276. The zero-order valence-corrected chi connectivity index (χ0v) is 18.9. The SMILES string of the molecule is CC[C@@H]1c2cccn2-c2sc3c(c2CN1C(=O)Nc1ccc(C)c(Cl)c1)CCCC3. The van der Waals surface area contributed by atoms with Gasteiger partial charge < -0.3 is 14.8 Å². The van der Waals surface area contributed by atoms with Crippen molar-refractivity contribution in [1.82, 2.24) is 9.47 Å². The molecule has 1 N–H and O–H groups in total. The number of thiophene rings is 1. The Kier molecular flexibility index (Phi) is 5.11. The lowest BCUT2D eigenvalue weighted by Gasteiger charge is -2.30. The number of aromatic nitrogens is 1. The fourth-order valence-electron chi connectivity index (χ4n) is 4.77. The summed E-state index contributed by atoms with van der Waals surface area (Å²) in [6.07, 6.45) is 7.80. The third kappa shape index (κ3) is 3.25. The smallest absolute Gasteiger partial charge is 0.312 e. The number of carbonyl (C=O) groups excluding carboxylic acids is 1. The first kappa shape index (κ1) is 19.7. The molecule has 1 aromatic carbocycles. The number of anilines is 1. The highest BCUT2D eigenvalue weighted by Crippen LogP contribution is 2.43. The van der Waals surface area contributed by atoms with Gasteiger partial charge in [-0.25, -0.2) is 4.79 Å². The maximum atomic E-state index is 13.5. The van der Waals surface area contributed by atoms with Crippen LogP contribution in [0.1, 0.15) is 59.5 Å². The van der Waals surface area contributed by atoms with Crippen LogP contribution in [-0.2, 0) is 19.4 Å². The predicted molar refractivity (Wildman–Crippen MR) is 124 cm³/mol. The van der Waals surface area contributed by atoms with Crippen molar-refractivity contribution in [2.75, 3.05) is 5.32 Å². The van der Waals surface area contributed by atoms with E-state index in [1.807, 2.05) is 41.4 Å². The Morgan fingerprint density at radius 3 is 2.87 bits per heavy atom.